The van der Waals surface area contributed by atoms with Gasteiger partial charge in [-0.3, -0.25) is 9.59 Å². The molecule has 0 aliphatic carbocycles. The lowest BCUT2D eigenvalue weighted by atomic mass is 10.3. The molecular formula is C12H8ClF2N3O3. The Balaban J connectivity index is 2.12. The summed E-state index contributed by atoms with van der Waals surface area (Å²) in [5.74, 6) is -0.795. The number of rotatable bonds is 4. The van der Waals surface area contributed by atoms with Gasteiger partial charge in [0.15, 0.2) is 0 Å². The van der Waals surface area contributed by atoms with Gasteiger partial charge in [-0.05, 0) is 24.3 Å². The normalized spacial score (nSPS) is 10.5. The number of H-pyrrole nitrogens is 1. The first-order chi connectivity index (χ1) is 9.95. The second-order valence-corrected chi connectivity index (χ2v) is 4.19. The van der Waals surface area contributed by atoms with Crippen molar-refractivity contribution in [2.75, 3.05) is 5.32 Å². The molecule has 0 atom stereocenters. The maximum atomic E-state index is 12.1. The highest BCUT2D eigenvalue weighted by atomic mass is 35.5. The van der Waals surface area contributed by atoms with E-state index in [-0.39, 0.29) is 22.2 Å². The van der Waals surface area contributed by atoms with E-state index in [1.807, 2.05) is 0 Å². The average molecular weight is 316 g/mol. The standard InChI is InChI=1S/C12H8ClF2N3O3/c13-7-5-6(1-3-9(7)21-12(14)15)16-11(20)8-2-4-10(19)18-17-8/h1-5,12H,(H,16,20)(H,18,19). The van der Waals surface area contributed by atoms with Gasteiger partial charge >= 0.3 is 6.61 Å². The number of ether oxygens (including phenoxy) is 1. The van der Waals surface area contributed by atoms with Crippen molar-refractivity contribution in [2.45, 2.75) is 6.61 Å². The van der Waals surface area contributed by atoms with Gasteiger partial charge in [-0.25, -0.2) is 5.10 Å². The number of aromatic nitrogens is 2. The van der Waals surface area contributed by atoms with Gasteiger partial charge in [0.05, 0.1) is 5.02 Å². The number of anilines is 1. The predicted octanol–water partition coefficient (Wildman–Crippen LogP) is 2.28. The quantitative estimate of drug-likeness (QED) is 0.906. The van der Waals surface area contributed by atoms with Crippen molar-refractivity contribution in [3.8, 4) is 5.75 Å². The van der Waals surface area contributed by atoms with E-state index >= 15 is 0 Å². The summed E-state index contributed by atoms with van der Waals surface area (Å²) in [6, 6.07) is 6.18. The summed E-state index contributed by atoms with van der Waals surface area (Å²) in [5.41, 5.74) is -0.193. The lowest BCUT2D eigenvalue weighted by molar-refractivity contribution is -0.0497. The molecule has 110 valence electrons. The maximum absolute atomic E-state index is 12.1. The third-order valence-electron chi connectivity index (χ3n) is 2.32. The Bertz CT molecular complexity index is 701. The number of nitrogens with zero attached hydrogens (tertiary/aromatic N) is 1. The van der Waals surface area contributed by atoms with Gasteiger partial charge in [-0.2, -0.15) is 13.9 Å². The molecule has 0 fully saturated rings. The summed E-state index contributed by atoms with van der Waals surface area (Å²) in [4.78, 5) is 22.6. The van der Waals surface area contributed by atoms with Crippen LogP contribution in [0.25, 0.3) is 0 Å². The highest BCUT2D eigenvalue weighted by molar-refractivity contribution is 6.32. The van der Waals surface area contributed by atoms with Gasteiger partial charge in [0.2, 0.25) is 0 Å². The zero-order valence-electron chi connectivity index (χ0n) is 10.3. The van der Waals surface area contributed by atoms with Gasteiger partial charge in [0.1, 0.15) is 11.4 Å². The van der Waals surface area contributed by atoms with E-state index in [2.05, 4.69) is 20.3 Å². The van der Waals surface area contributed by atoms with E-state index in [1.165, 1.54) is 24.3 Å². The third kappa shape index (κ3) is 3.99. The number of alkyl halides is 2. The molecule has 1 heterocycles. The first-order valence-corrected chi connectivity index (χ1v) is 5.95. The number of halogens is 3. The van der Waals surface area contributed by atoms with Crippen LogP contribution in [0, 0.1) is 0 Å². The van der Waals surface area contributed by atoms with E-state index in [0.29, 0.717) is 0 Å². The fourth-order valence-electron chi connectivity index (χ4n) is 1.44. The van der Waals surface area contributed by atoms with Crippen molar-refractivity contribution >= 4 is 23.2 Å². The summed E-state index contributed by atoms with van der Waals surface area (Å²) in [6.07, 6.45) is 0. The molecule has 6 nitrogen and oxygen atoms in total. The SMILES string of the molecule is O=C(Nc1ccc(OC(F)F)c(Cl)c1)c1ccc(=O)[nH]n1. The van der Waals surface area contributed by atoms with Gasteiger partial charge in [-0.1, -0.05) is 11.6 Å². The van der Waals surface area contributed by atoms with Crippen LogP contribution in [0.4, 0.5) is 14.5 Å². The second kappa shape index (κ2) is 6.31. The van der Waals surface area contributed by atoms with Crippen LogP contribution in [0.5, 0.6) is 5.75 Å². The highest BCUT2D eigenvalue weighted by Crippen LogP contribution is 2.29. The molecule has 0 saturated carbocycles. The average Bonchev–Trinajstić information content (AvgIpc) is 2.42. The van der Waals surface area contributed by atoms with Gasteiger partial charge < -0.3 is 10.1 Å². The number of carbonyl (C=O) groups is 1. The number of hydrogen-bond acceptors (Lipinski definition) is 4. The van der Waals surface area contributed by atoms with E-state index in [0.717, 1.165) is 6.07 Å². The van der Waals surface area contributed by atoms with Gasteiger partial charge in [-0.15, -0.1) is 0 Å². The molecule has 9 heteroatoms. The molecule has 0 spiro atoms. The fraction of sp³-hybridized carbons (Fsp3) is 0.0833. The highest BCUT2D eigenvalue weighted by Gasteiger charge is 2.12. The number of benzene rings is 1. The van der Waals surface area contributed by atoms with E-state index in [9.17, 15) is 18.4 Å². The molecular weight excluding hydrogens is 308 g/mol. The Hall–Kier alpha value is -2.48. The first kappa shape index (κ1) is 14.9. The summed E-state index contributed by atoms with van der Waals surface area (Å²) in [7, 11) is 0. The minimum atomic E-state index is -2.99. The van der Waals surface area contributed by atoms with Crippen molar-refractivity contribution in [3.63, 3.8) is 0 Å². The van der Waals surface area contributed by atoms with Crippen LogP contribution in [-0.4, -0.2) is 22.7 Å². The Morgan fingerprint density at radius 2 is 2.10 bits per heavy atom. The molecule has 0 saturated heterocycles. The van der Waals surface area contributed by atoms with Crippen LogP contribution >= 0.6 is 11.6 Å². The molecule has 0 aliphatic heterocycles. The Labute approximate surface area is 121 Å². The van der Waals surface area contributed by atoms with E-state index in [1.54, 1.807) is 0 Å². The maximum Gasteiger partial charge on any atom is 0.387 e. The number of aromatic amines is 1. The molecule has 1 aromatic heterocycles. The molecule has 0 unspecified atom stereocenters. The molecule has 2 N–H and O–H groups in total. The van der Waals surface area contributed by atoms with Crippen LogP contribution in [-0.2, 0) is 0 Å². The Kier molecular flexibility index (Phi) is 4.49. The topological polar surface area (TPSA) is 84.1 Å². The molecule has 21 heavy (non-hydrogen) atoms. The summed E-state index contributed by atoms with van der Waals surface area (Å²) in [6.45, 7) is -2.99. The number of nitrogens with one attached hydrogen (secondary N) is 2. The van der Waals surface area contributed by atoms with Crippen molar-refractivity contribution in [1.82, 2.24) is 10.2 Å². The Morgan fingerprint density at radius 3 is 2.67 bits per heavy atom. The summed E-state index contributed by atoms with van der Waals surface area (Å²) < 4.78 is 28.3. The number of carbonyl (C=O) groups excluding carboxylic acids is 1. The van der Waals surface area contributed by atoms with Crippen molar-refractivity contribution in [3.05, 3.63) is 51.4 Å². The van der Waals surface area contributed by atoms with Crippen LogP contribution < -0.4 is 15.6 Å². The molecule has 1 aromatic carbocycles. The van der Waals surface area contributed by atoms with Crippen LogP contribution in [0.15, 0.2) is 35.1 Å². The Morgan fingerprint density at radius 1 is 1.33 bits per heavy atom. The van der Waals surface area contributed by atoms with Crippen molar-refractivity contribution in [1.29, 1.82) is 0 Å². The smallest absolute Gasteiger partial charge is 0.387 e. The van der Waals surface area contributed by atoms with E-state index in [4.69, 9.17) is 11.6 Å². The molecule has 0 bridgehead atoms. The van der Waals surface area contributed by atoms with Crippen molar-refractivity contribution in [2.24, 2.45) is 0 Å². The molecule has 0 radical (unpaired) electrons. The molecule has 1 amide bonds. The molecule has 0 aliphatic rings. The van der Waals surface area contributed by atoms with Crippen LogP contribution in [0.3, 0.4) is 0 Å². The van der Waals surface area contributed by atoms with Gasteiger partial charge in [0.25, 0.3) is 11.5 Å². The minimum absolute atomic E-state index is 0.0152. The van der Waals surface area contributed by atoms with Gasteiger partial charge in [0, 0.05) is 11.8 Å². The molecule has 2 rings (SSSR count). The number of hydrogen-bond donors (Lipinski definition) is 2. The third-order valence-corrected chi connectivity index (χ3v) is 2.61. The zero-order chi connectivity index (χ0) is 15.4. The monoisotopic (exact) mass is 315 g/mol. The first-order valence-electron chi connectivity index (χ1n) is 5.57. The minimum Gasteiger partial charge on any atom is -0.433 e. The lowest BCUT2D eigenvalue weighted by Gasteiger charge is -2.09. The van der Waals surface area contributed by atoms with Crippen LogP contribution in [0.1, 0.15) is 10.5 Å². The van der Waals surface area contributed by atoms with Crippen molar-refractivity contribution < 1.29 is 18.3 Å². The zero-order valence-corrected chi connectivity index (χ0v) is 11.0. The largest absolute Gasteiger partial charge is 0.433 e. The fourth-order valence-corrected chi connectivity index (χ4v) is 1.66. The summed E-state index contributed by atoms with van der Waals surface area (Å²) >= 11 is 5.75. The number of amides is 1. The predicted molar refractivity (Wildman–Crippen MR) is 70.9 cm³/mol. The second-order valence-electron chi connectivity index (χ2n) is 3.78. The van der Waals surface area contributed by atoms with E-state index < -0.39 is 18.1 Å². The summed E-state index contributed by atoms with van der Waals surface area (Å²) in [5, 5.41) is 8.03. The molecule has 2 aromatic rings. The lowest BCUT2D eigenvalue weighted by Crippen LogP contribution is -2.17. The van der Waals surface area contributed by atoms with Crippen LogP contribution in [0.2, 0.25) is 5.02 Å².